The van der Waals surface area contributed by atoms with Gasteiger partial charge in [-0.25, -0.2) is 14.6 Å². The molecule has 0 fully saturated rings. The van der Waals surface area contributed by atoms with E-state index >= 15 is 0 Å². The second-order valence-corrected chi connectivity index (χ2v) is 12.5. The van der Waals surface area contributed by atoms with Gasteiger partial charge >= 0.3 is 12.1 Å². The Bertz CT molecular complexity index is 1480. The predicted octanol–water partition coefficient (Wildman–Crippen LogP) is 4.68. The first-order valence-electron chi connectivity index (χ1n) is 15.4. The molecule has 0 aliphatic heterocycles. The van der Waals surface area contributed by atoms with Crippen LogP contribution in [-0.4, -0.2) is 68.9 Å². The summed E-state index contributed by atoms with van der Waals surface area (Å²) in [5, 5.41) is 17.8. The fourth-order valence-corrected chi connectivity index (χ4v) is 4.28. The zero-order chi connectivity index (χ0) is 34.6. The molecule has 0 saturated heterocycles. The highest BCUT2D eigenvalue weighted by Gasteiger charge is 2.35. The number of hydrogen-bond acceptors (Lipinski definition) is 8. The highest BCUT2D eigenvalue weighted by atomic mass is 16.6. The molecule has 0 radical (unpaired) electrons. The molecule has 0 spiro atoms. The largest absolute Gasteiger partial charge is 0.494 e. The number of carboxylic acids is 1. The molecule has 2 unspecified atom stereocenters. The van der Waals surface area contributed by atoms with Crippen molar-refractivity contribution in [1.82, 2.24) is 20.2 Å². The number of benzene rings is 2. The van der Waals surface area contributed by atoms with Crippen LogP contribution in [0.1, 0.15) is 71.6 Å². The van der Waals surface area contributed by atoms with Gasteiger partial charge < -0.3 is 39.8 Å². The number of nitrogens with zero attached hydrogens (tertiary/aromatic N) is 2. The topological polar surface area (TPSA) is 170 Å². The Balaban J connectivity index is 1.74. The molecule has 47 heavy (non-hydrogen) atoms. The predicted molar refractivity (Wildman–Crippen MR) is 175 cm³/mol. The van der Waals surface area contributed by atoms with E-state index in [-0.39, 0.29) is 19.0 Å². The molecule has 254 valence electrons. The second kappa shape index (κ2) is 16.6. The fraction of sp³-hybridized carbons (Fsp3) is 0.441. The van der Waals surface area contributed by atoms with Crippen LogP contribution in [-0.2, 0) is 30.5 Å². The molecule has 0 aliphatic carbocycles. The molecular formula is C34H45N5O8. The number of imidazole rings is 1. The number of aromatic nitrogens is 2. The number of nitrogens with one attached hydrogen (secondary N) is 3. The van der Waals surface area contributed by atoms with Gasteiger partial charge in [0.05, 0.1) is 26.1 Å². The van der Waals surface area contributed by atoms with Crippen molar-refractivity contribution in [2.75, 3.05) is 18.5 Å². The zero-order valence-corrected chi connectivity index (χ0v) is 27.7. The monoisotopic (exact) mass is 651 g/mol. The fourth-order valence-electron chi connectivity index (χ4n) is 4.28. The number of alkyl carbamates (subject to hydrolysis) is 1. The van der Waals surface area contributed by atoms with Crippen molar-refractivity contribution in [3.63, 3.8) is 0 Å². The van der Waals surface area contributed by atoms with E-state index in [1.807, 2.05) is 30.3 Å². The lowest BCUT2D eigenvalue weighted by atomic mass is 10.0. The summed E-state index contributed by atoms with van der Waals surface area (Å²) in [6.07, 6.45) is 3.80. The molecule has 1 aromatic heterocycles. The lowest BCUT2D eigenvalue weighted by Crippen LogP contribution is -2.59. The van der Waals surface area contributed by atoms with Crippen LogP contribution in [0.25, 0.3) is 0 Å². The van der Waals surface area contributed by atoms with E-state index in [1.54, 1.807) is 45.0 Å². The number of carbonyl (C=O) groups excluding carboxylic acids is 3. The Morgan fingerprint density at radius 1 is 0.979 bits per heavy atom. The molecule has 3 aromatic rings. The number of ether oxygens (including phenoxy) is 3. The summed E-state index contributed by atoms with van der Waals surface area (Å²) in [6, 6.07) is 13.7. The minimum absolute atomic E-state index is 0.0641. The SMILES string of the molecule is CCCCOc1ccc(C(C(=O)O)n2cnc(NC(=O)C(COCc3ccccc3)NC(=O)C(C)(C)NC(=O)OC(C)(C)C)c2)cc1. The normalized spacial score (nSPS) is 12.8. The molecule has 13 heteroatoms. The van der Waals surface area contributed by atoms with Crippen molar-refractivity contribution in [2.24, 2.45) is 0 Å². The van der Waals surface area contributed by atoms with E-state index in [2.05, 4.69) is 27.9 Å². The van der Waals surface area contributed by atoms with E-state index in [0.29, 0.717) is 17.9 Å². The molecule has 1 heterocycles. The Hall–Kier alpha value is -4.91. The van der Waals surface area contributed by atoms with Gasteiger partial charge in [-0.2, -0.15) is 0 Å². The number of unbranched alkanes of at least 4 members (excludes halogenated alkanes) is 1. The van der Waals surface area contributed by atoms with Crippen molar-refractivity contribution < 1.29 is 38.5 Å². The maximum Gasteiger partial charge on any atom is 0.408 e. The summed E-state index contributed by atoms with van der Waals surface area (Å²) in [6.45, 7) is 10.7. The van der Waals surface area contributed by atoms with Crippen molar-refractivity contribution in [2.45, 2.75) is 84.2 Å². The van der Waals surface area contributed by atoms with E-state index in [9.17, 15) is 24.3 Å². The molecule has 2 aromatic carbocycles. The summed E-state index contributed by atoms with van der Waals surface area (Å²) < 4.78 is 18.1. The Kier molecular flexibility index (Phi) is 12.9. The number of hydrogen-bond donors (Lipinski definition) is 4. The summed E-state index contributed by atoms with van der Waals surface area (Å²) >= 11 is 0. The van der Waals surface area contributed by atoms with Crippen molar-refractivity contribution in [3.8, 4) is 5.75 Å². The molecule has 0 bridgehead atoms. The summed E-state index contributed by atoms with van der Waals surface area (Å²) in [4.78, 5) is 55.6. The second-order valence-electron chi connectivity index (χ2n) is 12.5. The Labute approximate surface area is 275 Å². The highest BCUT2D eigenvalue weighted by molar-refractivity contribution is 5.98. The van der Waals surface area contributed by atoms with Crippen LogP contribution >= 0.6 is 0 Å². The van der Waals surface area contributed by atoms with Crippen LogP contribution in [0.15, 0.2) is 67.1 Å². The first-order chi connectivity index (χ1) is 22.2. The van der Waals surface area contributed by atoms with Crippen molar-refractivity contribution >= 4 is 29.7 Å². The van der Waals surface area contributed by atoms with Crippen molar-refractivity contribution in [3.05, 3.63) is 78.2 Å². The van der Waals surface area contributed by atoms with Gasteiger partial charge in [-0.1, -0.05) is 55.8 Å². The lowest BCUT2D eigenvalue weighted by Gasteiger charge is -2.29. The van der Waals surface area contributed by atoms with Gasteiger partial charge in [-0.05, 0) is 64.3 Å². The van der Waals surface area contributed by atoms with Crippen LogP contribution in [0, 0.1) is 0 Å². The average Bonchev–Trinajstić information content (AvgIpc) is 3.44. The molecular weight excluding hydrogens is 606 g/mol. The number of amides is 3. The maximum absolute atomic E-state index is 13.5. The minimum Gasteiger partial charge on any atom is -0.494 e. The van der Waals surface area contributed by atoms with E-state index in [4.69, 9.17) is 14.2 Å². The third kappa shape index (κ3) is 11.8. The number of anilines is 1. The number of aliphatic carboxylic acids is 1. The highest BCUT2D eigenvalue weighted by Crippen LogP contribution is 2.23. The quantitative estimate of drug-likeness (QED) is 0.161. The molecule has 3 amide bonds. The Morgan fingerprint density at radius 2 is 1.66 bits per heavy atom. The van der Waals surface area contributed by atoms with Crippen LogP contribution in [0.5, 0.6) is 5.75 Å². The maximum atomic E-state index is 13.5. The first-order valence-corrected chi connectivity index (χ1v) is 15.4. The van der Waals surface area contributed by atoms with Crippen LogP contribution in [0.3, 0.4) is 0 Å². The van der Waals surface area contributed by atoms with Gasteiger partial charge in [0.15, 0.2) is 11.9 Å². The molecule has 2 atom stereocenters. The van der Waals surface area contributed by atoms with Crippen molar-refractivity contribution in [1.29, 1.82) is 0 Å². The van der Waals surface area contributed by atoms with Crippen LogP contribution in [0.4, 0.5) is 10.6 Å². The third-order valence-electron chi connectivity index (χ3n) is 6.75. The molecule has 0 aliphatic rings. The average molecular weight is 652 g/mol. The third-order valence-corrected chi connectivity index (χ3v) is 6.75. The van der Waals surface area contributed by atoms with E-state index < -0.39 is 47.1 Å². The molecule has 3 rings (SSSR count). The van der Waals surface area contributed by atoms with Crippen LogP contribution < -0.4 is 20.7 Å². The standard InChI is InChI=1S/C34H45N5O8/c1-7-8-18-46-25-16-14-24(15-17-25)28(30(41)42)39-19-27(35-22-39)37-29(40)26(21-45-20-23-12-10-9-11-13-23)36-31(43)34(5,6)38-32(44)47-33(2,3)4/h9-17,19,22,26,28H,7-8,18,20-21H2,1-6H3,(H,36,43)(H,37,40)(H,38,44)(H,41,42). The van der Waals surface area contributed by atoms with E-state index in [1.165, 1.54) is 30.9 Å². The zero-order valence-electron chi connectivity index (χ0n) is 27.7. The smallest absolute Gasteiger partial charge is 0.408 e. The number of carbonyl (C=O) groups is 4. The first kappa shape index (κ1) is 36.6. The van der Waals surface area contributed by atoms with Gasteiger partial charge in [0, 0.05) is 6.20 Å². The van der Waals surface area contributed by atoms with Gasteiger partial charge in [0.1, 0.15) is 22.9 Å². The van der Waals surface area contributed by atoms with Gasteiger partial charge in [0.25, 0.3) is 5.91 Å². The summed E-state index contributed by atoms with van der Waals surface area (Å²) in [5.74, 6) is -1.75. The van der Waals surface area contributed by atoms with Gasteiger partial charge in [0.2, 0.25) is 5.91 Å². The van der Waals surface area contributed by atoms with Gasteiger partial charge in [-0.15, -0.1) is 0 Å². The lowest BCUT2D eigenvalue weighted by molar-refractivity contribution is -0.139. The number of carboxylic acid groups (broad SMARTS) is 1. The van der Waals surface area contributed by atoms with Gasteiger partial charge in [-0.3, -0.25) is 9.59 Å². The number of rotatable bonds is 16. The molecule has 0 saturated carbocycles. The minimum atomic E-state index is -1.45. The Morgan fingerprint density at radius 3 is 2.28 bits per heavy atom. The van der Waals surface area contributed by atoms with Crippen LogP contribution in [0.2, 0.25) is 0 Å². The summed E-state index contributed by atoms with van der Waals surface area (Å²) in [7, 11) is 0. The summed E-state index contributed by atoms with van der Waals surface area (Å²) in [5.41, 5.74) is -0.883. The molecule has 13 nitrogen and oxygen atoms in total. The van der Waals surface area contributed by atoms with E-state index in [0.717, 1.165) is 18.4 Å². The molecule has 4 N–H and O–H groups in total.